The third kappa shape index (κ3) is 5.77. The van der Waals surface area contributed by atoms with Crippen molar-refractivity contribution >= 4 is 11.9 Å². The second kappa shape index (κ2) is 8.84. The first-order valence-electron chi connectivity index (χ1n) is 7.96. The molecule has 26 heavy (non-hydrogen) atoms. The molecule has 1 amide bonds. The molecule has 1 N–H and O–H groups in total. The van der Waals surface area contributed by atoms with E-state index >= 15 is 0 Å². The average molecular weight is 361 g/mol. The molecule has 0 heterocycles. The van der Waals surface area contributed by atoms with Gasteiger partial charge >= 0.3 is 5.97 Å². The van der Waals surface area contributed by atoms with Gasteiger partial charge in [0.25, 0.3) is 5.91 Å². The van der Waals surface area contributed by atoms with E-state index in [4.69, 9.17) is 14.6 Å². The van der Waals surface area contributed by atoms with Crippen molar-refractivity contribution in [2.75, 3.05) is 13.7 Å². The van der Waals surface area contributed by atoms with Crippen LogP contribution in [-0.4, -0.2) is 41.6 Å². The predicted molar refractivity (Wildman–Crippen MR) is 92.5 cm³/mol. The second-order valence-electron chi connectivity index (χ2n) is 5.73. The molecular formula is C19H20FNO5. The summed E-state index contributed by atoms with van der Waals surface area (Å²) in [6, 6.07) is 12.3. The Morgan fingerprint density at radius 2 is 1.65 bits per heavy atom. The highest BCUT2D eigenvalue weighted by atomic mass is 19.1. The number of carboxylic acid groups (broad SMARTS) is 1. The fraction of sp³-hybridized carbons (Fsp3) is 0.263. The van der Waals surface area contributed by atoms with Gasteiger partial charge in [0.15, 0.2) is 12.7 Å². The normalized spacial score (nSPS) is 11.5. The van der Waals surface area contributed by atoms with Gasteiger partial charge in [0.2, 0.25) is 0 Å². The first-order chi connectivity index (χ1) is 12.3. The van der Waals surface area contributed by atoms with E-state index in [9.17, 15) is 14.0 Å². The molecule has 6 nitrogen and oxygen atoms in total. The van der Waals surface area contributed by atoms with Crippen LogP contribution in [0.25, 0.3) is 0 Å². The van der Waals surface area contributed by atoms with Crippen LogP contribution in [0.3, 0.4) is 0 Å². The number of hydrogen-bond donors (Lipinski definition) is 1. The summed E-state index contributed by atoms with van der Waals surface area (Å²) < 4.78 is 23.5. The number of nitrogens with zero attached hydrogens (tertiary/aromatic N) is 1. The molecule has 0 radical (unpaired) electrons. The summed E-state index contributed by atoms with van der Waals surface area (Å²) in [6.07, 6.45) is -0.719. The van der Waals surface area contributed by atoms with Gasteiger partial charge in [-0.3, -0.25) is 4.79 Å². The zero-order valence-electron chi connectivity index (χ0n) is 14.5. The van der Waals surface area contributed by atoms with Crippen molar-refractivity contribution in [1.82, 2.24) is 4.90 Å². The Hall–Kier alpha value is -3.09. The van der Waals surface area contributed by atoms with Crippen molar-refractivity contribution in [2.24, 2.45) is 0 Å². The number of carbonyl (C=O) groups excluding carboxylic acids is 1. The minimum absolute atomic E-state index is 0.222. The standard InChI is InChI=1S/C19H20FNO5/c1-13(26-17-9-5-15(20)6-10-17)19(24)21(2)11-14-3-7-16(8-4-14)25-12-18(22)23/h3-10,13H,11-12H2,1-2H3,(H,22,23). The number of rotatable bonds is 8. The minimum Gasteiger partial charge on any atom is -0.482 e. The summed E-state index contributed by atoms with van der Waals surface area (Å²) in [5, 5.41) is 8.58. The molecule has 0 saturated carbocycles. The van der Waals surface area contributed by atoms with E-state index in [1.807, 2.05) is 0 Å². The predicted octanol–water partition coefficient (Wildman–Crippen LogP) is 2.71. The smallest absolute Gasteiger partial charge is 0.341 e. The molecule has 0 aliphatic carbocycles. The van der Waals surface area contributed by atoms with Gasteiger partial charge in [-0.2, -0.15) is 0 Å². The number of likely N-dealkylation sites (N-methyl/N-ethyl adjacent to an activating group) is 1. The molecule has 0 saturated heterocycles. The Balaban J connectivity index is 1.89. The van der Waals surface area contributed by atoms with Gasteiger partial charge in [-0.15, -0.1) is 0 Å². The van der Waals surface area contributed by atoms with Crippen LogP contribution in [0.4, 0.5) is 4.39 Å². The number of benzene rings is 2. The van der Waals surface area contributed by atoms with E-state index in [1.54, 1.807) is 38.2 Å². The van der Waals surface area contributed by atoms with Gasteiger partial charge in [-0.25, -0.2) is 9.18 Å². The van der Waals surface area contributed by atoms with Crippen LogP contribution in [0, 0.1) is 5.82 Å². The van der Waals surface area contributed by atoms with Gasteiger partial charge in [-0.1, -0.05) is 12.1 Å². The van der Waals surface area contributed by atoms with Gasteiger partial charge in [0.05, 0.1) is 0 Å². The summed E-state index contributed by atoms with van der Waals surface area (Å²) in [5.74, 6) is -0.780. The van der Waals surface area contributed by atoms with Crippen molar-refractivity contribution in [3.8, 4) is 11.5 Å². The Kier molecular flexibility index (Phi) is 6.54. The monoisotopic (exact) mass is 361 g/mol. The summed E-state index contributed by atoms with van der Waals surface area (Å²) in [6.45, 7) is 1.58. The van der Waals surface area contributed by atoms with Crippen molar-refractivity contribution in [2.45, 2.75) is 19.6 Å². The molecule has 0 bridgehead atoms. The Morgan fingerprint density at radius 1 is 1.08 bits per heavy atom. The SMILES string of the molecule is CC(Oc1ccc(F)cc1)C(=O)N(C)Cc1ccc(OCC(=O)O)cc1. The van der Waals surface area contributed by atoms with Crippen molar-refractivity contribution in [3.63, 3.8) is 0 Å². The molecular weight excluding hydrogens is 341 g/mol. The van der Waals surface area contributed by atoms with E-state index in [2.05, 4.69) is 0 Å². The lowest BCUT2D eigenvalue weighted by Crippen LogP contribution is -2.37. The molecule has 1 unspecified atom stereocenters. The topological polar surface area (TPSA) is 76.1 Å². The number of aliphatic carboxylic acids is 1. The van der Waals surface area contributed by atoms with Crippen molar-refractivity contribution < 1.29 is 28.6 Å². The number of amides is 1. The number of carbonyl (C=O) groups is 2. The van der Waals surface area contributed by atoms with Crippen molar-refractivity contribution in [3.05, 3.63) is 59.9 Å². The average Bonchev–Trinajstić information content (AvgIpc) is 2.62. The lowest BCUT2D eigenvalue weighted by molar-refractivity contribution is -0.139. The zero-order chi connectivity index (χ0) is 19.1. The second-order valence-corrected chi connectivity index (χ2v) is 5.73. The maximum Gasteiger partial charge on any atom is 0.341 e. The molecule has 0 aliphatic heterocycles. The molecule has 138 valence electrons. The maximum absolute atomic E-state index is 12.9. The van der Waals surface area contributed by atoms with Gasteiger partial charge in [0.1, 0.15) is 17.3 Å². The largest absolute Gasteiger partial charge is 0.482 e. The van der Waals surface area contributed by atoms with Crippen molar-refractivity contribution in [1.29, 1.82) is 0 Å². The van der Waals surface area contributed by atoms with Crippen LogP contribution in [0.5, 0.6) is 11.5 Å². The summed E-state index contributed by atoms with van der Waals surface area (Å²) in [5.41, 5.74) is 0.859. The van der Waals surface area contributed by atoms with E-state index in [-0.39, 0.29) is 11.7 Å². The Bertz CT molecular complexity index is 746. The van der Waals surface area contributed by atoms with Crippen LogP contribution >= 0.6 is 0 Å². The molecule has 0 aromatic heterocycles. The zero-order valence-corrected chi connectivity index (χ0v) is 14.5. The molecule has 2 rings (SSSR count). The lowest BCUT2D eigenvalue weighted by Gasteiger charge is -2.22. The summed E-state index contributed by atoms with van der Waals surface area (Å²) in [7, 11) is 1.65. The third-order valence-corrected chi connectivity index (χ3v) is 3.56. The highest BCUT2D eigenvalue weighted by Crippen LogP contribution is 2.16. The summed E-state index contributed by atoms with van der Waals surface area (Å²) >= 11 is 0. The fourth-order valence-electron chi connectivity index (χ4n) is 2.27. The number of ether oxygens (including phenoxy) is 2. The first kappa shape index (κ1) is 19.2. The molecule has 0 fully saturated rings. The lowest BCUT2D eigenvalue weighted by atomic mass is 10.2. The highest BCUT2D eigenvalue weighted by molar-refractivity contribution is 5.80. The fourth-order valence-corrected chi connectivity index (χ4v) is 2.27. The quantitative estimate of drug-likeness (QED) is 0.782. The van der Waals surface area contributed by atoms with Crippen LogP contribution < -0.4 is 9.47 Å². The molecule has 0 aliphatic rings. The Labute approximate surface area is 150 Å². The van der Waals surface area contributed by atoms with Gasteiger partial charge in [-0.05, 0) is 48.9 Å². The van der Waals surface area contributed by atoms with E-state index in [0.717, 1.165) is 5.56 Å². The number of halogens is 1. The van der Waals surface area contributed by atoms with E-state index < -0.39 is 18.7 Å². The molecule has 2 aromatic carbocycles. The molecule has 7 heteroatoms. The molecule has 0 spiro atoms. The number of hydrogen-bond acceptors (Lipinski definition) is 4. The maximum atomic E-state index is 12.9. The van der Waals surface area contributed by atoms with E-state index in [0.29, 0.717) is 18.0 Å². The minimum atomic E-state index is -1.05. The van der Waals surface area contributed by atoms with Crippen LogP contribution in [-0.2, 0) is 16.1 Å². The van der Waals surface area contributed by atoms with Crippen LogP contribution in [0.15, 0.2) is 48.5 Å². The van der Waals surface area contributed by atoms with E-state index in [1.165, 1.54) is 29.2 Å². The third-order valence-electron chi connectivity index (χ3n) is 3.56. The Morgan fingerprint density at radius 3 is 2.23 bits per heavy atom. The van der Waals surface area contributed by atoms with Gasteiger partial charge in [0, 0.05) is 13.6 Å². The summed E-state index contributed by atoms with van der Waals surface area (Å²) in [4.78, 5) is 24.4. The molecule has 1 atom stereocenters. The van der Waals surface area contributed by atoms with Crippen LogP contribution in [0.2, 0.25) is 0 Å². The number of carboxylic acids is 1. The molecule has 2 aromatic rings. The van der Waals surface area contributed by atoms with Gasteiger partial charge < -0.3 is 19.5 Å². The highest BCUT2D eigenvalue weighted by Gasteiger charge is 2.19. The van der Waals surface area contributed by atoms with Crippen LogP contribution in [0.1, 0.15) is 12.5 Å². The first-order valence-corrected chi connectivity index (χ1v) is 7.96.